The lowest BCUT2D eigenvalue weighted by Crippen LogP contribution is -2.41. The summed E-state index contributed by atoms with van der Waals surface area (Å²) in [4.78, 5) is 17.8. The molecule has 7 heteroatoms. The number of fused-ring (bicyclic) bond motifs is 1. The number of halogens is 2. The second-order valence-corrected chi connectivity index (χ2v) is 9.59. The van der Waals surface area contributed by atoms with Crippen LogP contribution in [0.15, 0.2) is 54.7 Å². The van der Waals surface area contributed by atoms with Gasteiger partial charge in [-0.05, 0) is 86.0 Å². The summed E-state index contributed by atoms with van der Waals surface area (Å²) in [5.41, 5.74) is 1.70. The Kier molecular flexibility index (Phi) is 9.08. The van der Waals surface area contributed by atoms with Crippen LogP contribution in [-0.4, -0.2) is 47.7 Å². The van der Waals surface area contributed by atoms with Crippen LogP contribution in [0.1, 0.15) is 49.4 Å². The zero-order valence-electron chi connectivity index (χ0n) is 21.0. The fourth-order valence-electron chi connectivity index (χ4n) is 5.19. The molecule has 1 fully saturated rings. The van der Waals surface area contributed by atoms with Crippen molar-refractivity contribution in [2.45, 2.75) is 38.3 Å². The van der Waals surface area contributed by atoms with Crippen LogP contribution in [0.4, 0.5) is 8.78 Å². The predicted molar refractivity (Wildman–Crippen MR) is 140 cm³/mol. The summed E-state index contributed by atoms with van der Waals surface area (Å²) in [5.74, 6) is 5.82. The van der Waals surface area contributed by atoms with Gasteiger partial charge >= 0.3 is 5.97 Å². The smallest absolute Gasteiger partial charge is 0.303 e. The van der Waals surface area contributed by atoms with Gasteiger partial charge in [0.15, 0.2) is 0 Å². The maximum Gasteiger partial charge on any atom is 0.303 e. The van der Waals surface area contributed by atoms with Gasteiger partial charge in [-0.3, -0.25) is 14.7 Å². The molecule has 0 radical (unpaired) electrons. The molecule has 2 heterocycles. The SMILES string of the molecule is COc1ccc2nccc(C(F)CC[C@@H]3CCN(CC#Cc4ccccc4F)C[C@@H]3CCC(=O)O)c2c1. The molecule has 2 aromatic carbocycles. The van der Waals surface area contributed by atoms with E-state index in [9.17, 15) is 14.3 Å². The average Bonchev–Trinajstić information content (AvgIpc) is 2.91. The van der Waals surface area contributed by atoms with Crippen molar-refractivity contribution < 1.29 is 23.4 Å². The monoisotopic (exact) mass is 506 g/mol. The molecule has 0 spiro atoms. The summed E-state index contributed by atoms with van der Waals surface area (Å²) in [5, 5.41) is 10.0. The Balaban J connectivity index is 1.40. The van der Waals surface area contributed by atoms with Crippen molar-refractivity contribution in [1.29, 1.82) is 0 Å². The molecule has 0 saturated carbocycles. The Hall–Kier alpha value is -3.50. The maximum atomic E-state index is 15.5. The van der Waals surface area contributed by atoms with Crippen LogP contribution in [0.5, 0.6) is 5.75 Å². The lowest BCUT2D eigenvalue weighted by Gasteiger charge is -2.38. The van der Waals surface area contributed by atoms with E-state index in [0.717, 1.165) is 23.9 Å². The van der Waals surface area contributed by atoms with Crippen molar-refractivity contribution in [2.24, 2.45) is 11.8 Å². The molecule has 194 valence electrons. The number of carbonyl (C=O) groups is 1. The van der Waals surface area contributed by atoms with Crippen LogP contribution in [0.25, 0.3) is 10.9 Å². The topological polar surface area (TPSA) is 62.7 Å². The van der Waals surface area contributed by atoms with Crippen molar-refractivity contribution in [3.05, 3.63) is 71.7 Å². The number of rotatable bonds is 9. The third-order valence-electron chi connectivity index (χ3n) is 7.21. The molecule has 37 heavy (non-hydrogen) atoms. The first-order valence-electron chi connectivity index (χ1n) is 12.7. The van der Waals surface area contributed by atoms with Crippen molar-refractivity contribution >= 4 is 16.9 Å². The second kappa shape index (κ2) is 12.6. The number of nitrogens with zero attached hydrogens (tertiary/aromatic N) is 2. The number of pyridine rings is 1. The molecule has 1 aromatic heterocycles. The van der Waals surface area contributed by atoms with Crippen LogP contribution < -0.4 is 4.74 Å². The molecule has 1 saturated heterocycles. The highest BCUT2D eigenvalue weighted by Gasteiger charge is 2.30. The second-order valence-electron chi connectivity index (χ2n) is 9.59. The van der Waals surface area contributed by atoms with Crippen molar-refractivity contribution in [3.8, 4) is 17.6 Å². The molecule has 3 atom stereocenters. The van der Waals surface area contributed by atoms with E-state index < -0.39 is 12.1 Å². The summed E-state index contributed by atoms with van der Waals surface area (Å²) in [6, 6.07) is 13.6. The highest BCUT2D eigenvalue weighted by molar-refractivity contribution is 5.83. The first kappa shape index (κ1) is 26.6. The van der Waals surface area contributed by atoms with Gasteiger partial charge in [0.1, 0.15) is 17.7 Å². The predicted octanol–water partition coefficient (Wildman–Crippen LogP) is 6.03. The van der Waals surface area contributed by atoms with E-state index in [1.54, 1.807) is 37.6 Å². The lowest BCUT2D eigenvalue weighted by atomic mass is 9.79. The van der Waals surface area contributed by atoms with E-state index in [-0.39, 0.29) is 24.1 Å². The minimum absolute atomic E-state index is 0.0871. The Morgan fingerprint density at radius 1 is 1.22 bits per heavy atom. The molecule has 1 unspecified atom stereocenters. The zero-order chi connectivity index (χ0) is 26.2. The Labute approximate surface area is 216 Å². The van der Waals surface area contributed by atoms with Crippen LogP contribution in [0.2, 0.25) is 0 Å². The number of methoxy groups -OCH3 is 1. The van der Waals surface area contributed by atoms with E-state index in [0.29, 0.717) is 49.2 Å². The van der Waals surface area contributed by atoms with Gasteiger partial charge in [-0.15, -0.1) is 0 Å². The van der Waals surface area contributed by atoms with Crippen LogP contribution in [-0.2, 0) is 4.79 Å². The lowest BCUT2D eigenvalue weighted by molar-refractivity contribution is -0.137. The van der Waals surface area contributed by atoms with Gasteiger partial charge in [0.05, 0.1) is 24.7 Å². The van der Waals surface area contributed by atoms with E-state index in [2.05, 4.69) is 21.7 Å². The summed E-state index contributed by atoms with van der Waals surface area (Å²) in [6.07, 6.45) is 3.00. The van der Waals surface area contributed by atoms with Crippen LogP contribution in [0.3, 0.4) is 0 Å². The maximum absolute atomic E-state index is 15.5. The van der Waals surface area contributed by atoms with E-state index in [4.69, 9.17) is 4.74 Å². The van der Waals surface area contributed by atoms with Crippen molar-refractivity contribution in [1.82, 2.24) is 9.88 Å². The summed E-state index contributed by atoms with van der Waals surface area (Å²) in [6.45, 7) is 1.99. The molecule has 0 amide bonds. The van der Waals surface area contributed by atoms with Gasteiger partial charge in [0.25, 0.3) is 0 Å². The molecule has 1 aliphatic heterocycles. The first-order valence-corrected chi connectivity index (χ1v) is 12.7. The summed E-state index contributed by atoms with van der Waals surface area (Å²) < 4.78 is 34.7. The van der Waals surface area contributed by atoms with E-state index in [1.165, 1.54) is 6.07 Å². The molecule has 0 aliphatic carbocycles. The van der Waals surface area contributed by atoms with E-state index >= 15 is 4.39 Å². The number of carboxylic acids is 1. The number of aliphatic carboxylic acids is 1. The fourth-order valence-corrected chi connectivity index (χ4v) is 5.19. The molecular formula is C30H32F2N2O3. The number of alkyl halides is 1. The normalized spacial score (nSPS) is 18.7. The van der Waals surface area contributed by atoms with Gasteiger partial charge in [0.2, 0.25) is 0 Å². The summed E-state index contributed by atoms with van der Waals surface area (Å²) >= 11 is 0. The third-order valence-corrected chi connectivity index (χ3v) is 7.21. The van der Waals surface area contributed by atoms with Crippen molar-refractivity contribution in [3.63, 3.8) is 0 Å². The van der Waals surface area contributed by atoms with Gasteiger partial charge < -0.3 is 9.84 Å². The molecule has 1 aliphatic rings. The van der Waals surface area contributed by atoms with Gasteiger partial charge in [-0.1, -0.05) is 24.0 Å². The standard InChI is InChI=1S/C30H32F2N2O3/c1-37-24-10-12-29-26(19-24)25(14-16-33-29)28(32)11-8-21-15-18-34(20-23(21)9-13-30(35)36)17-4-6-22-5-2-3-7-27(22)31/h2-3,5,7,10,12,14,16,19,21,23,28H,8-9,11,13,15,17-18,20H2,1H3,(H,35,36)/t21-,23+,28?/m1/s1. The van der Waals surface area contributed by atoms with Crippen LogP contribution in [0, 0.1) is 29.5 Å². The first-order chi connectivity index (χ1) is 17.9. The number of benzene rings is 2. The molecule has 4 rings (SSSR count). The number of aromatic nitrogens is 1. The third kappa shape index (κ3) is 7.05. The van der Waals surface area contributed by atoms with Gasteiger partial charge in [-0.25, -0.2) is 8.78 Å². The molecule has 5 nitrogen and oxygen atoms in total. The minimum Gasteiger partial charge on any atom is -0.497 e. The highest BCUT2D eigenvalue weighted by Crippen LogP contribution is 2.36. The van der Waals surface area contributed by atoms with Crippen LogP contribution >= 0.6 is 0 Å². The fraction of sp³-hybridized carbons (Fsp3) is 0.400. The molecule has 3 aromatic rings. The number of hydrogen-bond donors (Lipinski definition) is 1. The number of hydrogen-bond acceptors (Lipinski definition) is 4. The average molecular weight is 507 g/mol. The molecule has 0 bridgehead atoms. The van der Waals surface area contributed by atoms with E-state index in [1.807, 2.05) is 18.2 Å². The number of piperidine rings is 1. The van der Waals surface area contributed by atoms with Gasteiger partial charge in [-0.2, -0.15) is 0 Å². The highest BCUT2D eigenvalue weighted by atomic mass is 19.1. The largest absolute Gasteiger partial charge is 0.497 e. The minimum atomic E-state index is -1.15. The Morgan fingerprint density at radius 3 is 2.84 bits per heavy atom. The quantitative estimate of drug-likeness (QED) is 0.359. The van der Waals surface area contributed by atoms with Crippen molar-refractivity contribution in [2.75, 3.05) is 26.7 Å². The zero-order valence-corrected chi connectivity index (χ0v) is 21.0. The Bertz CT molecular complexity index is 1290. The Morgan fingerprint density at radius 2 is 2.05 bits per heavy atom. The summed E-state index contributed by atoms with van der Waals surface area (Å²) in [7, 11) is 1.58. The molecular weight excluding hydrogens is 474 g/mol. The molecule has 1 N–H and O–H groups in total. The number of ether oxygens (including phenoxy) is 1. The number of likely N-dealkylation sites (tertiary alicyclic amines) is 1. The number of carboxylic acid groups (broad SMARTS) is 1. The van der Waals surface area contributed by atoms with Gasteiger partial charge in [0, 0.05) is 24.5 Å².